The average Bonchev–Trinajstić information content (AvgIpc) is 2.43. The summed E-state index contributed by atoms with van der Waals surface area (Å²) >= 11 is 0. The first-order valence-corrected chi connectivity index (χ1v) is 6.76. The first-order chi connectivity index (χ1) is 10.0. The summed E-state index contributed by atoms with van der Waals surface area (Å²) < 4.78 is 10.3. The Morgan fingerprint density at radius 2 is 1.90 bits per heavy atom. The third-order valence-corrected chi connectivity index (χ3v) is 3.95. The zero-order valence-electron chi connectivity index (χ0n) is 12.1. The number of carbonyl (C=O) groups excluding carboxylic acids is 1. The maximum absolute atomic E-state index is 12.1. The van der Waals surface area contributed by atoms with Crippen LogP contribution in [0, 0.1) is 5.41 Å². The van der Waals surface area contributed by atoms with Crippen LogP contribution in [0.1, 0.15) is 24.8 Å². The molecule has 6 heteroatoms. The lowest BCUT2D eigenvalue weighted by Gasteiger charge is -2.35. The molecule has 1 saturated carbocycles. The third-order valence-electron chi connectivity index (χ3n) is 3.95. The number of carboxylic acids is 1. The molecule has 2 rings (SSSR count). The number of ether oxygens (including phenoxy) is 2. The molecule has 1 aliphatic carbocycles. The van der Waals surface area contributed by atoms with Crippen LogP contribution in [-0.2, 0) is 16.1 Å². The van der Waals surface area contributed by atoms with Gasteiger partial charge in [-0.25, -0.2) is 0 Å². The fourth-order valence-corrected chi connectivity index (χ4v) is 2.41. The first-order valence-electron chi connectivity index (χ1n) is 6.76. The van der Waals surface area contributed by atoms with Crippen molar-refractivity contribution in [3.05, 3.63) is 23.8 Å². The first kappa shape index (κ1) is 15.2. The molecule has 0 heterocycles. The quantitative estimate of drug-likeness (QED) is 0.778. The average molecular weight is 293 g/mol. The van der Waals surface area contributed by atoms with Gasteiger partial charge in [0.2, 0.25) is 5.91 Å². The van der Waals surface area contributed by atoms with Crippen LogP contribution in [-0.4, -0.2) is 31.2 Å². The predicted octanol–water partition coefficient (Wildman–Crippen LogP) is 1.57. The Morgan fingerprint density at radius 3 is 2.38 bits per heavy atom. The number of carboxylic acid groups (broad SMARTS) is 1. The highest BCUT2D eigenvalue weighted by Gasteiger charge is 2.50. The fraction of sp³-hybridized carbons (Fsp3) is 0.467. The topological polar surface area (TPSA) is 84.9 Å². The summed E-state index contributed by atoms with van der Waals surface area (Å²) in [5.74, 6) is -0.288. The Morgan fingerprint density at radius 1 is 1.24 bits per heavy atom. The lowest BCUT2D eigenvalue weighted by atomic mass is 9.68. The van der Waals surface area contributed by atoms with Gasteiger partial charge in [0, 0.05) is 6.54 Å². The molecule has 1 fully saturated rings. The van der Waals surface area contributed by atoms with E-state index in [2.05, 4.69) is 5.32 Å². The van der Waals surface area contributed by atoms with Gasteiger partial charge in [-0.3, -0.25) is 9.59 Å². The van der Waals surface area contributed by atoms with Crippen LogP contribution in [0.4, 0.5) is 0 Å². The molecular formula is C15H19NO5. The zero-order chi connectivity index (χ0) is 15.5. The van der Waals surface area contributed by atoms with Crippen molar-refractivity contribution in [1.82, 2.24) is 5.32 Å². The van der Waals surface area contributed by atoms with Crippen LogP contribution in [0.15, 0.2) is 18.2 Å². The van der Waals surface area contributed by atoms with Gasteiger partial charge in [-0.05, 0) is 30.5 Å². The second-order valence-corrected chi connectivity index (χ2v) is 5.11. The summed E-state index contributed by atoms with van der Waals surface area (Å²) in [7, 11) is 3.08. The van der Waals surface area contributed by atoms with E-state index in [1.165, 1.54) is 7.11 Å². The Hall–Kier alpha value is -2.24. The van der Waals surface area contributed by atoms with E-state index in [1.54, 1.807) is 25.3 Å². The van der Waals surface area contributed by atoms with Gasteiger partial charge in [0.15, 0.2) is 11.5 Å². The standard InChI is InChI=1S/C15H19NO5/c1-20-11-5-4-10(8-12(11)21-2)9-16-13(17)15(14(18)19)6-3-7-15/h4-5,8H,3,6-7,9H2,1-2H3,(H,16,17)(H,18,19). The van der Waals surface area contributed by atoms with E-state index >= 15 is 0 Å². The van der Waals surface area contributed by atoms with Crippen molar-refractivity contribution >= 4 is 11.9 Å². The number of nitrogens with one attached hydrogen (secondary N) is 1. The molecule has 0 bridgehead atoms. The minimum atomic E-state index is -1.24. The Balaban J connectivity index is 2.03. The van der Waals surface area contributed by atoms with Crippen LogP contribution >= 0.6 is 0 Å². The summed E-state index contributed by atoms with van der Waals surface area (Å²) in [6.45, 7) is 0.258. The SMILES string of the molecule is COc1ccc(CNC(=O)C2(C(=O)O)CCC2)cc1OC. The molecule has 0 saturated heterocycles. The molecule has 6 nitrogen and oxygen atoms in total. The normalized spacial score (nSPS) is 15.7. The molecule has 0 atom stereocenters. The third kappa shape index (κ3) is 2.79. The second kappa shape index (κ2) is 6.03. The van der Waals surface area contributed by atoms with E-state index < -0.39 is 17.3 Å². The number of carbonyl (C=O) groups is 2. The van der Waals surface area contributed by atoms with E-state index in [-0.39, 0.29) is 6.54 Å². The van der Waals surface area contributed by atoms with E-state index in [0.717, 1.165) is 12.0 Å². The second-order valence-electron chi connectivity index (χ2n) is 5.11. The van der Waals surface area contributed by atoms with Gasteiger partial charge in [-0.2, -0.15) is 0 Å². The van der Waals surface area contributed by atoms with Gasteiger partial charge in [-0.1, -0.05) is 12.5 Å². The van der Waals surface area contributed by atoms with Crippen LogP contribution in [0.25, 0.3) is 0 Å². The maximum atomic E-state index is 12.1. The zero-order valence-corrected chi connectivity index (χ0v) is 12.1. The number of amides is 1. The highest BCUT2D eigenvalue weighted by Crippen LogP contribution is 2.41. The number of methoxy groups -OCH3 is 2. The van der Waals surface area contributed by atoms with Gasteiger partial charge >= 0.3 is 5.97 Å². The van der Waals surface area contributed by atoms with E-state index in [1.807, 2.05) is 0 Å². The molecule has 0 aromatic heterocycles. The Kier molecular flexibility index (Phi) is 4.35. The van der Waals surface area contributed by atoms with Crippen molar-refractivity contribution in [3.63, 3.8) is 0 Å². The van der Waals surface area contributed by atoms with Crippen molar-refractivity contribution in [1.29, 1.82) is 0 Å². The molecule has 1 aliphatic rings. The number of hydrogen-bond donors (Lipinski definition) is 2. The molecule has 114 valence electrons. The number of aliphatic carboxylic acids is 1. The molecule has 0 aliphatic heterocycles. The van der Waals surface area contributed by atoms with Gasteiger partial charge in [-0.15, -0.1) is 0 Å². The van der Waals surface area contributed by atoms with Crippen molar-refractivity contribution in [2.75, 3.05) is 14.2 Å². The Labute approximate surface area is 123 Å². The van der Waals surface area contributed by atoms with Gasteiger partial charge in [0.05, 0.1) is 14.2 Å². The number of benzene rings is 1. The number of rotatable bonds is 6. The monoisotopic (exact) mass is 293 g/mol. The van der Waals surface area contributed by atoms with Crippen LogP contribution in [0.5, 0.6) is 11.5 Å². The molecule has 0 radical (unpaired) electrons. The highest BCUT2D eigenvalue weighted by molar-refractivity contribution is 6.02. The van der Waals surface area contributed by atoms with Crippen LogP contribution in [0.2, 0.25) is 0 Å². The molecule has 0 spiro atoms. The molecule has 1 aromatic carbocycles. The summed E-state index contributed by atoms with van der Waals surface area (Å²) in [6.07, 6.45) is 1.58. The minimum absolute atomic E-state index is 0.258. The van der Waals surface area contributed by atoms with Crippen molar-refractivity contribution in [2.24, 2.45) is 5.41 Å². The summed E-state index contributed by atoms with van der Waals surface area (Å²) in [6, 6.07) is 5.31. The van der Waals surface area contributed by atoms with Crippen molar-refractivity contribution < 1.29 is 24.2 Å². The smallest absolute Gasteiger partial charge is 0.319 e. The van der Waals surface area contributed by atoms with E-state index in [0.29, 0.717) is 24.3 Å². The largest absolute Gasteiger partial charge is 0.493 e. The molecule has 1 amide bonds. The molecular weight excluding hydrogens is 274 g/mol. The summed E-state index contributed by atoms with van der Waals surface area (Å²) in [5, 5.41) is 11.9. The lowest BCUT2D eigenvalue weighted by molar-refractivity contribution is -0.162. The predicted molar refractivity (Wildman–Crippen MR) is 75.3 cm³/mol. The fourth-order valence-electron chi connectivity index (χ4n) is 2.41. The van der Waals surface area contributed by atoms with Gasteiger partial charge in [0.25, 0.3) is 0 Å². The van der Waals surface area contributed by atoms with Crippen LogP contribution in [0.3, 0.4) is 0 Å². The molecule has 0 unspecified atom stereocenters. The van der Waals surface area contributed by atoms with Gasteiger partial charge < -0.3 is 19.9 Å². The molecule has 2 N–H and O–H groups in total. The number of hydrogen-bond acceptors (Lipinski definition) is 4. The van der Waals surface area contributed by atoms with E-state index in [4.69, 9.17) is 9.47 Å². The van der Waals surface area contributed by atoms with Crippen molar-refractivity contribution in [2.45, 2.75) is 25.8 Å². The van der Waals surface area contributed by atoms with Gasteiger partial charge in [0.1, 0.15) is 5.41 Å². The maximum Gasteiger partial charge on any atom is 0.319 e. The minimum Gasteiger partial charge on any atom is -0.493 e. The lowest BCUT2D eigenvalue weighted by Crippen LogP contribution is -2.50. The summed E-state index contributed by atoms with van der Waals surface area (Å²) in [4.78, 5) is 23.3. The summed E-state index contributed by atoms with van der Waals surface area (Å²) in [5.41, 5.74) is -0.419. The van der Waals surface area contributed by atoms with Crippen molar-refractivity contribution in [3.8, 4) is 11.5 Å². The van der Waals surface area contributed by atoms with E-state index in [9.17, 15) is 14.7 Å². The highest BCUT2D eigenvalue weighted by atomic mass is 16.5. The van der Waals surface area contributed by atoms with Crippen LogP contribution < -0.4 is 14.8 Å². The molecule has 1 aromatic rings. The molecule has 21 heavy (non-hydrogen) atoms. The Bertz CT molecular complexity index is 551.